The molecule has 0 radical (unpaired) electrons. The van der Waals surface area contributed by atoms with Gasteiger partial charge in [0.05, 0.1) is 12.6 Å². The Bertz CT molecular complexity index is 1240. The molecule has 41 heavy (non-hydrogen) atoms. The molecular formula is C38H52N2O. The van der Waals surface area contributed by atoms with Crippen molar-refractivity contribution in [2.24, 2.45) is 0 Å². The maximum atomic E-state index is 9.61. The van der Waals surface area contributed by atoms with Crippen molar-refractivity contribution in [2.75, 3.05) is 25.1 Å². The van der Waals surface area contributed by atoms with Crippen molar-refractivity contribution < 1.29 is 5.11 Å². The molecule has 1 unspecified atom stereocenters. The molecule has 0 saturated heterocycles. The number of anilines is 1. The zero-order valence-corrected chi connectivity index (χ0v) is 26.5. The fraction of sp³-hybridized carbons (Fsp3) is 0.368. The largest absolute Gasteiger partial charge is 0.392 e. The lowest BCUT2D eigenvalue weighted by Gasteiger charge is -2.35. The van der Waals surface area contributed by atoms with E-state index in [1.807, 2.05) is 18.2 Å². The van der Waals surface area contributed by atoms with Crippen molar-refractivity contribution >= 4 is 5.69 Å². The lowest BCUT2D eigenvalue weighted by atomic mass is 9.88. The number of allylic oxidation sites excluding steroid dienone is 7. The van der Waals surface area contributed by atoms with Crippen molar-refractivity contribution in [3.05, 3.63) is 137 Å². The van der Waals surface area contributed by atoms with Gasteiger partial charge in [-0.25, -0.2) is 0 Å². The Kier molecular flexibility index (Phi) is 14.4. The van der Waals surface area contributed by atoms with E-state index in [-0.39, 0.29) is 18.2 Å². The molecule has 0 aliphatic carbocycles. The van der Waals surface area contributed by atoms with Crippen LogP contribution in [0.4, 0.5) is 5.69 Å². The zero-order chi connectivity index (χ0) is 30.3. The first-order chi connectivity index (χ1) is 19.6. The van der Waals surface area contributed by atoms with Crippen LogP contribution >= 0.6 is 0 Å². The second-order valence-corrected chi connectivity index (χ2v) is 11.4. The molecular weight excluding hydrogens is 500 g/mol. The second kappa shape index (κ2) is 17.4. The number of aliphatic hydroxyl groups is 1. The number of likely N-dealkylation sites (N-methyl/N-ethyl adjacent to an activating group) is 1. The van der Waals surface area contributed by atoms with E-state index in [0.717, 1.165) is 30.5 Å². The first-order valence-electron chi connectivity index (χ1n) is 14.9. The third kappa shape index (κ3) is 11.5. The first kappa shape index (κ1) is 33.8. The fourth-order valence-electron chi connectivity index (χ4n) is 4.95. The van der Waals surface area contributed by atoms with Crippen molar-refractivity contribution in [3.8, 4) is 0 Å². The number of hydrogen-bond acceptors (Lipinski definition) is 3. The zero-order valence-electron chi connectivity index (χ0n) is 26.5. The van der Waals surface area contributed by atoms with Crippen molar-refractivity contribution in [1.82, 2.24) is 5.32 Å². The highest BCUT2D eigenvalue weighted by Crippen LogP contribution is 2.34. The van der Waals surface area contributed by atoms with Crippen LogP contribution in [0.5, 0.6) is 0 Å². The van der Waals surface area contributed by atoms with Gasteiger partial charge in [-0.3, -0.25) is 0 Å². The summed E-state index contributed by atoms with van der Waals surface area (Å²) >= 11 is 0. The predicted octanol–water partition coefficient (Wildman–Crippen LogP) is 9.19. The summed E-state index contributed by atoms with van der Waals surface area (Å²) in [7, 11) is 2.12. The van der Waals surface area contributed by atoms with E-state index in [1.165, 1.54) is 27.8 Å². The molecule has 3 heteroatoms. The molecule has 0 fully saturated rings. The van der Waals surface area contributed by atoms with Crippen LogP contribution < -0.4 is 10.2 Å². The number of aryl methyl sites for hydroxylation is 1. The lowest BCUT2D eigenvalue weighted by molar-refractivity contribution is 0.342. The van der Waals surface area contributed by atoms with Crippen LogP contribution in [0.15, 0.2) is 120 Å². The van der Waals surface area contributed by atoms with Gasteiger partial charge in [-0.15, -0.1) is 0 Å². The summed E-state index contributed by atoms with van der Waals surface area (Å²) < 4.78 is 0. The Hall–Kier alpha value is -3.40. The average Bonchev–Trinajstić information content (AvgIpc) is 2.95. The summed E-state index contributed by atoms with van der Waals surface area (Å²) in [4.78, 5) is 2.27. The minimum Gasteiger partial charge on any atom is -0.392 e. The number of rotatable bonds is 16. The lowest BCUT2D eigenvalue weighted by Crippen LogP contribution is -2.43. The van der Waals surface area contributed by atoms with E-state index >= 15 is 0 Å². The van der Waals surface area contributed by atoms with Crippen molar-refractivity contribution in [1.29, 1.82) is 0 Å². The quantitative estimate of drug-likeness (QED) is 0.204. The maximum absolute atomic E-state index is 9.61. The molecule has 0 bridgehead atoms. The molecule has 2 N–H and O–H groups in total. The van der Waals surface area contributed by atoms with Crippen LogP contribution in [0, 0.1) is 6.92 Å². The number of hydrogen-bond donors (Lipinski definition) is 2. The van der Waals surface area contributed by atoms with E-state index < -0.39 is 0 Å². The summed E-state index contributed by atoms with van der Waals surface area (Å²) in [5, 5.41) is 13.7. The van der Waals surface area contributed by atoms with E-state index in [4.69, 9.17) is 0 Å². The minimum absolute atomic E-state index is 0.00302. The van der Waals surface area contributed by atoms with E-state index in [9.17, 15) is 5.11 Å². The molecule has 0 saturated carbocycles. The molecule has 2 aromatic rings. The molecule has 1 atom stereocenters. The van der Waals surface area contributed by atoms with Gasteiger partial charge in [0.1, 0.15) is 0 Å². The Morgan fingerprint density at radius 3 is 2.44 bits per heavy atom. The van der Waals surface area contributed by atoms with Gasteiger partial charge in [0.15, 0.2) is 0 Å². The molecule has 2 rings (SSSR count). The monoisotopic (exact) mass is 552 g/mol. The number of benzene rings is 2. The topological polar surface area (TPSA) is 35.5 Å². The van der Waals surface area contributed by atoms with Crippen molar-refractivity contribution in [3.63, 3.8) is 0 Å². The summed E-state index contributed by atoms with van der Waals surface area (Å²) in [6.45, 7) is 17.8. The summed E-state index contributed by atoms with van der Waals surface area (Å²) in [6.07, 6.45) is 19.5. The molecule has 220 valence electrons. The molecule has 0 aromatic heterocycles. The predicted molar refractivity (Wildman–Crippen MR) is 181 cm³/mol. The number of nitrogens with one attached hydrogen (secondary N) is 1. The highest BCUT2D eigenvalue weighted by atomic mass is 16.2. The van der Waals surface area contributed by atoms with E-state index in [1.54, 1.807) is 6.08 Å². The Balaban J connectivity index is 2.57. The number of nitrogens with zero attached hydrogens (tertiary/aromatic N) is 1. The molecule has 0 amide bonds. The van der Waals surface area contributed by atoms with Crippen LogP contribution in [0.1, 0.15) is 76.6 Å². The highest BCUT2D eigenvalue weighted by Gasteiger charge is 2.27. The van der Waals surface area contributed by atoms with Crippen molar-refractivity contribution in [2.45, 2.75) is 72.4 Å². The number of aliphatic hydroxyl groups excluding tert-OH is 1. The normalized spacial score (nSPS) is 14.2. The van der Waals surface area contributed by atoms with Gasteiger partial charge in [-0.1, -0.05) is 123 Å². The summed E-state index contributed by atoms with van der Waals surface area (Å²) in [5.74, 6) is 0. The third-order valence-corrected chi connectivity index (χ3v) is 7.11. The minimum atomic E-state index is -0.189. The second-order valence-electron chi connectivity index (χ2n) is 11.4. The van der Waals surface area contributed by atoms with Gasteiger partial charge in [0.25, 0.3) is 0 Å². The van der Waals surface area contributed by atoms with Gasteiger partial charge < -0.3 is 15.3 Å². The van der Waals surface area contributed by atoms with Gasteiger partial charge in [0.2, 0.25) is 0 Å². The SMILES string of the molecule is C=C/C=C\C(=C/CO)CN(C)c1ccc(C)cc1C(NC(C)(C)CC(=C/C=C/CC)/C=C(\C)CC)c1ccccc1. The molecule has 0 aliphatic heterocycles. The molecule has 0 heterocycles. The Labute approximate surface area is 250 Å². The Morgan fingerprint density at radius 2 is 1.80 bits per heavy atom. The summed E-state index contributed by atoms with van der Waals surface area (Å²) in [5.41, 5.74) is 8.41. The van der Waals surface area contributed by atoms with Crippen LogP contribution in [-0.2, 0) is 0 Å². The summed E-state index contributed by atoms with van der Waals surface area (Å²) in [6, 6.07) is 17.4. The molecule has 3 nitrogen and oxygen atoms in total. The Morgan fingerprint density at radius 1 is 1.07 bits per heavy atom. The standard InChI is InChI=1S/C38H52N2O/c1-9-12-15-19-33(26-30(4)11-3)28-38(6,7)39-37(34-20-16-14-17-21-34)35-27-31(5)22-23-36(35)40(8)29-32(24-25-41)18-13-10-2/h10,12-24,26-27,37,39,41H,2,9,11,25,28-29H2,1,3-8H3/b15-12+,18-13-,30-26+,32-24+,33-19+. The van der Waals surface area contributed by atoms with Crippen LogP contribution in [0.25, 0.3) is 0 Å². The smallest absolute Gasteiger partial charge is 0.0618 e. The van der Waals surface area contributed by atoms with Gasteiger partial charge >= 0.3 is 0 Å². The van der Waals surface area contributed by atoms with E-state index in [0.29, 0.717) is 6.54 Å². The van der Waals surface area contributed by atoms with Gasteiger partial charge in [0, 0.05) is 24.8 Å². The highest BCUT2D eigenvalue weighted by molar-refractivity contribution is 5.59. The molecule has 2 aromatic carbocycles. The molecule has 0 aliphatic rings. The molecule has 0 spiro atoms. The van der Waals surface area contributed by atoms with Crippen LogP contribution in [-0.4, -0.2) is 30.8 Å². The van der Waals surface area contributed by atoms with Gasteiger partial charge in [-0.2, -0.15) is 0 Å². The maximum Gasteiger partial charge on any atom is 0.0618 e. The first-order valence-corrected chi connectivity index (χ1v) is 14.9. The van der Waals surface area contributed by atoms with E-state index in [2.05, 4.69) is 138 Å². The average molecular weight is 553 g/mol. The van der Waals surface area contributed by atoms with Gasteiger partial charge in [-0.05, 0) is 75.3 Å². The van der Waals surface area contributed by atoms with Crippen LogP contribution in [0.3, 0.4) is 0 Å². The third-order valence-electron chi connectivity index (χ3n) is 7.11. The van der Waals surface area contributed by atoms with Crippen LogP contribution in [0.2, 0.25) is 0 Å². The fourth-order valence-corrected chi connectivity index (χ4v) is 4.95.